The van der Waals surface area contributed by atoms with Gasteiger partial charge in [0.15, 0.2) is 0 Å². The Kier molecular flexibility index (Phi) is 7.73. The van der Waals surface area contributed by atoms with Crippen molar-refractivity contribution in [3.63, 3.8) is 0 Å². The van der Waals surface area contributed by atoms with Crippen molar-refractivity contribution in [2.24, 2.45) is 0 Å². The Labute approximate surface area is 194 Å². The Morgan fingerprint density at radius 2 is 1.79 bits per heavy atom. The Morgan fingerprint density at radius 1 is 1.12 bits per heavy atom. The molecule has 2 aromatic rings. The maximum atomic E-state index is 14.2. The summed E-state index contributed by atoms with van der Waals surface area (Å²) in [6.07, 6.45) is -0.511. The van der Waals surface area contributed by atoms with Crippen LogP contribution in [0.4, 0.5) is 9.28 Å². The van der Waals surface area contributed by atoms with Crippen LogP contribution in [0.3, 0.4) is 0 Å². The summed E-state index contributed by atoms with van der Waals surface area (Å²) in [5.74, 6) is 0. The topological polar surface area (TPSA) is 91.0 Å². The standard InChI is InChI=1S/C23H31FN4O4S/c1-17-9-11-19(12-10-17)33(30,31)26-25-15-18-7-5-6-8-20(18)21-16-27(24)13-14-28(21)22(29)32-23(2,3)4/h5-12,21,25-26H,13-16H2,1-4H3. The number of rotatable bonds is 6. The zero-order chi connectivity index (χ0) is 24.2. The molecule has 1 atom stereocenters. The number of amides is 1. The van der Waals surface area contributed by atoms with Crippen LogP contribution >= 0.6 is 0 Å². The first-order valence-corrected chi connectivity index (χ1v) is 12.2. The molecule has 0 aliphatic carbocycles. The second-order valence-corrected chi connectivity index (χ2v) is 10.7. The monoisotopic (exact) mass is 478 g/mol. The van der Waals surface area contributed by atoms with Crippen molar-refractivity contribution in [1.29, 1.82) is 0 Å². The van der Waals surface area contributed by atoms with Gasteiger partial charge in [-0.25, -0.2) is 18.6 Å². The molecule has 0 aromatic heterocycles. The molecule has 180 valence electrons. The van der Waals surface area contributed by atoms with Crippen LogP contribution in [0.15, 0.2) is 53.4 Å². The molecule has 0 spiro atoms. The first-order valence-electron chi connectivity index (χ1n) is 10.8. The summed E-state index contributed by atoms with van der Waals surface area (Å²) in [4.78, 5) is 16.8. The Morgan fingerprint density at radius 3 is 2.45 bits per heavy atom. The fourth-order valence-electron chi connectivity index (χ4n) is 3.58. The number of carbonyl (C=O) groups is 1. The second-order valence-electron chi connectivity index (χ2n) is 9.03. The van der Waals surface area contributed by atoms with Gasteiger partial charge in [0, 0.05) is 19.6 Å². The van der Waals surface area contributed by atoms with Crippen LogP contribution in [0, 0.1) is 6.92 Å². The van der Waals surface area contributed by atoms with E-state index >= 15 is 0 Å². The number of hydrogen-bond donors (Lipinski definition) is 2. The molecule has 1 saturated heterocycles. The molecular formula is C23H31FN4O4S. The van der Waals surface area contributed by atoms with E-state index in [9.17, 15) is 17.7 Å². The minimum atomic E-state index is -3.75. The number of ether oxygens (including phenoxy) is 1. The number of sulfonamides is 1. The van der Waals surface area contributed by atoms with Crippen LogP contribution in [-0.2, 0) is 21.3 Å². The smallest absolute Gasteiger partial charge is 0.410 e. The third-order valence-electron chi connectivity index (χ3n) is 5.19. The van der Waals surface area contributed by atoms with E-state index in [1.165, 1.54) is 17.0 Å². The highest BCUT2D eigenvalue weighted by molar-refractivity contribution is 7.89. The van der Waals surface area contributed by atoms with Gasteiger partial charge in [-0.2, -0.15) is 0 Å². The molecule has 1 fully saturated rings. The number of carbonyl (C=O) groups excluding carboxylic acids is 1. The molecule has 0 bridgehead atoms. The van der Waals surface area contributed by atoms with E-state index in [1.807, 2.05) is 25.1 Å². The highest BCUT2D eigenvalue weighted by Gasteiger charge is 2.35. The van der Waals surface area contributed by atoms with Gasteiger partial charge in [-0.1, -0.05) is 42.0 Å². The van der Waals surface area contributed by atoms with E-state index in [4.69, 9.17) is 4.74 Å². The third kappa shape index (κ3) is 6.73. The number of halogens is 1. The zero-order valence-corrected chi connectivity index (χ0v) is 20.2. The van der Waals surface area contributed by atoms with Gasteiger partial charge in [-0.05, 0) is 51.0 Å². The maximum absolute atomic E-state index is 14.2. The van der Waals surface area contributed by atoms with Crippen LogP contribution in [0.25, 0.3) is 0 Å². The van der Waals surface area contributed by atoms with E-state index in [0.29, 0.717) is 10.7 Å². The van der Waals surface area contributed by atoms with Gasteiger partial charge < -0.3 is 4.74 Å². The van der Waals surface area contributed by atoms with E-state index in [0.717, 1.165) is 11.1 Å². The molecule has 2 N–H and O–H groups in total. The number of hydrazine groups is 1. The summed E-state index contributed by atoms with van der Waals surface area (Å²) < 4.78 is 44.8. The van der Waals surface area contributed by atoms with Gasteiger partial charge in [-0.3, -0.25) is 4.90 Å². The number of nitrogens with one attached hydrogen (secondary N) is 2. The molecule has 1 aliphatic heterocycles. The van der Waals surface area contributed by atoms with Crippen molar-refractivity contribution < 1.29 is 22.4 Å². The number of aryl methyl sites for hydroxylation is 1. The summed E-state index contributed by atoms with van der Waals surface area (Å²) in [6, 6.07) is 13.2. The molecule has 2 aromatic carbocycles. The molecule has 8 nitrogen and oxygen atoms in total. The Balaban J connectivity index is 1.76. The van der Waals surface area contributed by atoms with Crippen molar-refractivity contribution in [3.8, 4) is 0 Å². The lowest BCUT2D eigenvalue weighted by molar-refractivity contribution is -0.0576. The van der Waals surface area contributed by atoms with Crippen LogP contribution in [0.1, 0.15) is 43.5 Å². The maximum Gasteiger partial charge on any atom is 0.410 e. The van der Waals surface area contributed by atoms with Gasteiger partial charge >= 0.3 is 6.09 Å². The molecule has 1 aliphatic rings. The molecule has 10 heteroatoms. The van der Waals surface area contributed by atoms with Gasteiger partial charge in [-0.15, -0.1) is 14.4 Å². The molecule has 0 saturated carbocycles. The quantitative estimate of drug-likeness (QED) is 0.488. The summed E-state index contributed by atoms with van der Waals surface area (Å²) in [7, 11) is -3.75. The van der Waals surface area contributed by atoms with Crippen LogP contribution in [0.2, 0.25) is 0 Å². The van der Waals surface area contributed by atoms with Crippen molar-refractivity contribution in [2.45, 2.75) is 50.8 Å². The van der Waals surface area contributed by atoms with E-state index < -0.39 is 27.8 Å². The largest absolute Gasteiger partial charge is 0.444 e. The van der Waals surface area contributed by atoms with E-state index in [-0.39, 0.29) is 31.1 Å². The fraction of sp³-hybridized carbons (Fsp3) is 0.435. The molecule has 1 unspecified atom stereocenters. The van der Waals surface area contributed by atoms with Crippen LogP contribution < -0.4 is 10.3 Å². The minimum Gasteiger partial charge on any atom is -0.444 e. The molecule has 0 radical (unpaired) electrons. The van der Waals surface area contributed by atoms with Crippen molar-refractivity contribution in [1.82, 2.24) is 20.3 Å². The van der Waals surface area contributed by atoms with Crippen LogP contribution in [-0.4, -0.2) is 49.8 Å². The average Bonchev–Trinajstić information content (AvgIpc) is 2.73. The van der Waals surface area contributed by atoms with Crippen molar-refractivity contribution >= 4 is 16.1 Å². The Bertz CT molecular complexity index is 1070. The lowest BCUT2D eigenvalue weighted by Crippen LogP contribution is -2.50. The predicted molar refractivity (Wildman–Crippen MR) is 123 cm³/mol. The summed E-state index contributed by atoms with van der Waals surface area (Å²) in [5, 5.41) is 0.676. The zero-order valence-electron chi connectivity index (χ0n) is 19.3. The van der Waals surface area contributed by atoms with Crippen molar-refractivity contribution in [3.05, 3.63) is 65.2 Å². The van der Waals surface area contributed by atoms with Crippen molar-refractivity contribution in [2.75, 3.05) is 19.6 Å². The summed E-state index contributed by atoms with van der Waals surface area (Å²) in [6.45, 7) is 7.63. The van der Waals surface area contributed by atoms with E-state index in [1.54, 1.807) is 39.0 Å². The minimum absolute atomic E-state index is 0.00858. The SMILES string of the molecule is Cc1ccc(S(=O)(=O)NNCc2ccccc2C2CN(F)CCN2C(=O)OC(C)(C)C)cc1. The van der Waals surface area contributed by atoms with Gasteiger partial charge in [0.25, 0.3) is 10.0 Å². The number of nitrogens with zero attached hydrogens (tertiary/aromatic N) is 2. The molecule has 1 amide bonds. The number of hydrogen-bond acceptors (Lipinski definition) is 6. The highest BCUT2D eigenvalue weighted by atomic mass is 32.2. The summed E-state index contributed by atoms with van der Waals surface area (Å²) in [5.41, 5.74) is 4.48. The molecule has 3 rings (SSSR count). The fourth-order valence-corrected chi connectivity index (χ4v) is 4.45. The average molecular weight is 479 g/mol. The van der Waals surface area contributed by atoms with E-state index in [2.05, 4.69) is 10.3 Å². The van der Waals surface area contributed by atoms with Gasteiger partial charge in [0.05, 0.1) is 17.5 Å². The second kappa shape index (κ2) is 10.2. The van der Waals surface area contributed by atoms with Crippen LogP contribution in [0.5, 0.6) is 0 Å². The third-order valence-corrected chi connectivity index (χ3v) is 6.50. The first kappa shape index (κ1) is 25.1. The molecular weight excluding hydrogens is 447 g/mol. The highest BCUT2D eigenvalue weighted by Crippen LogP contribution is 2.30. The summed E-state index contributed by atoms with van der Waals surface area (Å²) >= 11 is 0. The van der Waals surface area contributed by atoms with Gasteiger partial charge in [0.2, 0.25) is 0 Å². The predicted octanol–water partition coefficient (Wildman–Crippen LogP) is 3.46. The number of benzene rings is 2. The van der Waals surface area contributed by atoms with Gasteiger partial charge in [0.1, 0.15) is 5.60 Å². The molecule has 1 heterocycles. The lowest BCUT2D eigenvalue weighted by atomic mass is 9.97. The molecule has 33 heavy (non-hydrogen) atoms. The lowest BCUT2D eigenvalue weighted by Gasteiger charge is -2.39. The first-order chi connectivity index (χ1) is 15.5. The number of piperazine rings is 1. The Hall–Kier alpha value is -2.53. The normalized spacial score (nSPS) is 17.7.